The van der Waals surface area contributed by atoms with Crippen LogP contribution in [0.25, 0.3) is 0 Å². The van der Waals surface area contributed by atoms with Crippen LogP contribution in [0, 0.1) is 11.8 Å². The van der Waals surface area contributed by atoms with Gasteiger partial charge in [-0.15, -0.1) is 0 Å². The number of hydrogen-bond acceptors (Lipinski definition) is 4. The highest BCUT2D eigenvalue weighted by Crippen LogP contribution is 2.36. The van der Waals surface area contributed by atoms with Crippen molar-refractivity contribution in [1.29, 1.82) is 0 Å². The fourth-order valence-electron chi connectivity index (χ4n) is 3.41. The number of unbranched alkanes of at least 4 members (excludes halogenated alkanes) is 3. The molecule has 25 heavy (non-hydrogen) atoms. The Morgan fingerprint density at radius 1 is 1.16 bits per heavy atom. The molecule has 0 heterocycles. The van der Waals surface area contributed by atoms with Gasteiger partial charge in [-0.05, 0) is 38.0 Å². The van der Waals surface area contributed by atoms with E-state index in [4.69, 9.17) is 5.11 Å². The monoisotopic (exact) mass is 354 g/mol. The summed E-state index contributed by atoms with van der Waals surface area (Å²) in [4.78, 5) is 10.5. The smallest absolute Gasteiger partial charge is 0.303 e. The highest BCUT2D eigenvalue weighted by Gasteiger charge is 2.39. The number of aliphatic carboxylic acids is 1. The molecule has 0 aromatic carbocycles. The molecule has 5 heteroatoms. The van der Waals surface area contributed by atoms with E-state index in [2.05, 4.69) is 19.1 Å². The van der Waals surface area contributed by atoms with Crippen molar-refractivity contribution in [3.63, 3.8) is 0 Å². The van der Waals surface area contributed by atoms with Crippen LogP contribution in [-0.4, -0.2) is 44.7 Å². The lowest BCUT2D eigenvalue weighted by atomic mass is 9.89. The standard InChI is InChI=1S/C20H34O5/c1-2-3-4-5-6-7-10-16-17(19(23)14-18(16)22)13-12-15(21)9-8-11-20(24)25/h6-7,12-13,15-19,21-23H,2-5,8-11,14H2,1H3,(H,24,25)/b7-6-,13-12+/t15-,16+,17-,18-,19+/m1/s1. The summed E-state index contributed by atoms with van der Waals surface area (Å²) in [5, 5.41) is 38.9. The van der Waals surface area contributed by atoms with E-state index in [1.165, 1.54) is 19.3 Å². The summed E-state index contributed by atoms with van der Waals surface area (Å²) in [5.41, 5.74) is 0. The van der Waals surface area contributed by atoms with Crippen LogP contribution >= 0.6 is 0 Å². The first-order valence-electron chi connectivity index (χ1n) is 9.55. The third-order valence-corrected chi connectivity index (χ3v) is 4.91. The SMILES string of the molecule is CCCCC/C=C\C[C@H]1[C@@H](/C=C/[C@H](O)CCCC(=O)O)[C@@H](O)C[C@H]1O. The Hall–Kier alpha value is -1.17. The van der Waals surface area contributed by atoms with Crippen molar-refractivity contribution in [2.75, 3.05) is 0 Å². The zero-order valence-electron chi connectivity index (χ0n) is 15.3. The second-order valence-corrected chi connectivity index (χ2v) is 7.05. The Bertz CT molecular complexity index is 432. The first kappa shape index (κ1) is 21.9. The van der Waals surface area contributed by atoms with Crippen molar-refractivity contribution in [2.24, 2.45) is 11.8 Å². The lowest BCUT2D eigenvalue weighted by Gasteiger charge is -2.19. The average Bonchev–Trinajstić information content (AvgIpc) is 2.81. The largest absolute Gasteiger partial charge is 0.481 e. The van der Waals surface area contributed by atoms with Crippen molar-refractivity contribution >= 4 is 5.97 Å². The van der Waals surface area contributed by atoms with Gasteiger partial charge in [0.2, 0.25) is 0 Å². The van der Waals surface area contributed by atoms with Crippen LogP contribution in [0.2, 0.25) is 0 Å². The molecular formula is C20H34O5. The minimum atomic E-state index is -0.865. The van der Waals surface area contributed by atoms with Gasteiger partial charge in [-0.25, -0.2) is 0 Å². The summed E-state index contributed by atoms with van der Waals surface area (Å²) in [7, 11) is 0. The number of carboxylic acids is 1. The van der Waals surface area contributed by atoms with Crippen molar-refractivity contribution in [3.05, 3.63) is 24.3 Å². The number of aliphatic hydroxyl groups excluding tert-OH is 3. The molecule has 144 valence electrons. The quantitative estimate of drug-likeness (QED) is 0.319. The molecule has 0 amide bonds. The molecule has 0 spiro atoms. The first-order chi connectivity index (χ1) is 12.0. The summed E-state index contributed by atoms with van der Waals surface area (Å²) in [6.45, 7) is 2.17. The molecule has 1 fully saturated rings. The number of carbonyl (C=O) groups is 1. The molecule has 0 bridgehead atoms. The van der Waals surface area contributed by atoms with Crippen LogP contribution in [-0.2, 0) is 4.79 Å². The first-order valence-corrected chi connectivity index (χ1v) is 9.55. The zero-order valence-corrected chi connectivity index (χ0v) is 15.3. The molecule has 5 atom stereocenters. The molecule has 0 aliphatic heterocycles. The van der Waals surface area contributed by atoms with E-state index in [0.29, 0.717) is 25.7 Å². The van der Waals surface area contributed by atoms with E-state index < -0.39 is 24.3 Å². The van der Waals surface area contributed by atoms with E-state index in [1.54, 1.807) is 12.2 Å². The molecule has 0 aromatic rings. The Balaban J connectivity index is 2.47. The van der Waals surface area contributed by atoms with E-state index in [0.717, 1.165) is 6.42 Å². The predicted molar refractivity (Wildman–Crippen MR) is 98.1 cm³/mol. The number of carboxylic acid groups (broad SMARTS) is 1. The summed E-state index contributed by atoms with van der Waals surface area (Å²) in [6.07, 6.45) is 12.4. The van der Waals surface area contributed by atoms with Crippen LogP contribution in [0.3, 0.4) is 0 Å². The Morgan fingerprint density at radius 2 is 1.92 bits per heavy atom. The molecule has 0 aromatic heterocycles. The lowest BCUT2D eigenvalue weighted by molar-refractivity contribution is -0.137. The molecule has 4 N–H and O–H groups in total. The van der Waals surface area contributed by atoms with Crippen molar-refractivity contribution in [3.8, 4) is 0 Å². The molecule has 1 aliphatic carbocycles. The Labute approximate surface area is 151 Å². The minimum absolute atomic E-state index is 0.0418. The third kappa shape index (κ3) is 8.66. The van der Waals surface area contributed by atoms with E-state index in [1.807, 2.05) is 0 Å². The number of rotatable bonds is 12. The molecule has 1 saturated carbocycles. The van der Waals surface area contributed by atoms with Gasteiger partial charge < -0.3 is 20.4 Å². The highest BCUT2D eigenvalue weighted by atomic mass is 16.4. The van der Waals surface area contributed by atoms with E-state index in [-0.39, 0.29) is 18.3 Å². The van der Waals surface area contributed by atoms with Crippen LogP contribution in [0.15, 0.2) is 24.3 Å². The summed E-state index contributed by atoms with van der Waals surface area (Å²) >= 11 is 0. The van der Waals surface area contributed by atoms with Crippen LogP contribution < -0.4 is 0 Å². The third-order valence-electron chi connectivity index (χ3n) is 4.91. The maximum Gasteiger partial charge on any atom is 0.303 e. The molecule has 5 nitrogen and oxygen atoms in total. The summed E-state index contributed by atoms with van der Waals surface area (Å²) in [5.74, 6) is -1.08. The van der Waals surface area contributed by atoms with Gasteiger partial charge in [0, 0.05) is 18.8 Å². The van der Waals surface area contributed by atoms with Gasteiger partial charge in [0.05, 0.1) is 18.3 Å². The molecule has 1 aliphatic rings. The fraction of sp³-hybridized carbons (Fsp3) is 0.750. The molecule has 0 radical (unpaired) electrons. The summed E-state index contributed by atoms with van der Waals surface area (Å²) < 4.78 is 0. The highest BCUT2D eigenvalue weighted by molar-refractivity contribution is 5.66. The maximum absolute atomic E-state index is 10.5. The number of allylic oxidation sites excluding steroid dienone is 2. The second kappa shape index (κ2) is 12.2. The normalized spacial score (nSPS) is 28.2. The van der Waals surface area contributed by atoms with Crippen LogP contribution in [0.5, 0.6) is 0 Å². The number of hydrogen-bond donors (Lipinski definition) is 4. The van der Waals surface area contributed by atoms with E-state index in [9.17, 15) is 20.1 Å². The zero-order chi connectivity index (χ0) is 18.7. The predicted octanol–water partition coefficient (Wildman–Crippen LogP) is 3.04. The molecule has 1 rings (SSSR count). The van der Waals surface area contributed by atoms with Gasteiger partial charge in [-0.2, -0.15) is 0 Å². The van der Waals surface area contributed by atoms with Gasteiger partial charge in [-0.3, -0.25) is 4.79 Å². The minimum Gasteiger partial charge on any atom is -0.481 e. The van der Waals surface area contributed by atoms with Crippen LogP contribution in [0.1, 0.15) is 64.7 Å². The molecular weight excluding hydrogens is 320 g/mol. The maximum atomic E-state index is 10.5. The molecule has 0 unspecified atom stereocenters. The summed E-state index contributed by atoms with van der Waals surface area (Å²) in [6, 6.07) is 0. The lowest BCUT2D eigenvalue weighted by Crippen LogP contribution is -2.20. The van der Waals surface area contributed by atoms with Crippen molar-refractivity contribution in [2.45, 2.75) is 83.0 Å². The van der Waals surface area contributed by atoms with Crippen molar-refractivity contribution < 1.29 is 25.2 Å². The Morgan fingerprint density at radius 3 is 2.60 bits per heavy atom. The fourth-order valence-corrected chi connectivity index (χ4v) is 3.41. The van der Waals surface area contributed by atoms with E-state index >= 15 is 0 Å². The number of aliphatic hydroxyl groups is 3. The molecule has 0 saturated heterocycles. The second-order valence-electron chi connectivity index (χ2n) is 7.05. The average molecular weight is 354 g/mol. The topological polar surface area (TPSA) is 98.0 Å². The van der Waals surface area contributed by atoms with Crippen molar-refractivity contribution in [1.82, 2.24) is 0 Å². The van der Waals surface area contributed by atoms with Crippen LogP contribution in [0.4, 0.5) is 0 Å². The Kier molecular flexibility index (Phi) is 10.7. The van der Waals surface area contributed by atoms with Gasteiger partial charge in [0.15, 0.2) is 0 Å². The van der Waals surface area contributed by atoms with Gasteiger partial charge in [0.25, 0.3) is 0 Å². The van der Waals surface area contributed by atoms with Gasteiger partial charge >= 0.3 is 5.97 Å². The van der Waals surface area contributed by atoms with Gasteiger partial charge in [-0.1, -0.05) is 44.1 Å². The van der Waals surface area contributed by atoms with Gasteiger partial charge in [0.1, 0.15) is 0 Å².